The smallest absolute Gasteiger partial charge is 0.382 e. The number of alkyl halides is 3. The molecule has 132 valence electrons. The molecule has 0 amide bonds. The first-order chi connectivity index (χ1) is 12.3. The topological polar surface area (TPSA) is 82.0 Å². The molecule has 11 heteroatoms. The molecule has 0 atom stereocenters. The highest BCUT2D eigenvalue weighted by molar-refractivity contribution is 6.36. The fourth-order valence-corrected chi connectivity index (χ4v) is 3.03. The van der Waals surface area contributed by atoms with E-state index in [2.05, 4.69) is 20.3 Å². The summed E-state index contributed by atoms with van der Waals surface area (Å²) in [4.78, 5) is 7.94. The average Bonchev–Trinajstić information content (AvgIpc) is 2.97. The zero-order valence-electron chi connectivity index (χ0n) is 12.6. The van der Waals surface area contributed by atoms with Gasteiger partial charge in [-0.2, -0.15) is 17.7 Å². The Labute approximate surface area is 153 Å². The lowest BCUT2D eigenvalue weighted by Crippen LogP contribution is -2.08. The zero-order chi connectivity index (χ0) is 18.6. The third-order valence-corrected chi connectivity index (χ3v) is 4.27. The van der Waals surface area contributed by atoms with E-state index in [-0.39, 0.29) is 28.2 Å². The van der Waals surface area contributed by atoms with Gasteiger partial charge in [0.15, 0.2) is 11.5 Å². The van der Waals surface area contributed by atoms with Gasteiger partial charge in [-0.25, -0.2) is 4.98 Å². The number of nitrogens with zero attached hydrogens (tertiary/aromatic N) is 5. The lowest BCUT2D eigenvalue weighted by atomic mass is 10.1. The van der Waals surface area contributed by atoms with Crippen molar-refractivity contribution < 1.29 is 13.2 Å². The first-order valence-corrected chi connectivity index (χ1v) is 7.84. The molecule has 26 heavy (non-hydrogen) atoms. The maximum Gasteiger partial charge on any atom is 0.417 e. The van der Waals surface area contributed by atoms with Crippen molar-refractivity contribution >= 4 is 45.7 Å². The van der Waals surface area contributed by atoms with Gasteiger partial charge in [0.1, 0.15) is 11.2 Å². The van der Waals surface area contributed by atoms with Gasteiger partial charge in [-0.1, -0.05) is 28.4 Å². The van der Waals surface area contributed by atoms with E-state index in [4.69, 9.17) is 28.9 Å². The van der Waals surface area contributed by atoms with E-state index in [1.165, 1.54) is 6.07 Å². The normalized spacial score (nSPS) is 12.2. The number of hydrogen-bond donors (Lipinski definition) is 1. The molecule has 4 rings (SSSR count). The number of fused-ring (bicyclic) bond motifs is 3. The summed E-state index contributed by atoms with van der Waals surface area (Å²) in [6.07, 6.45) is -3.87. The number of aromatic nitrogens is 5. The minimum atomic E-state index is -4.56. The highest BCUT2D eigenvalue weighted by Gasteiger charge is 2.32. The maximum absolute atomic E-state index is 13.0. The second-order valence-corrected chi connectivity index (χ2v) is 6.23. The number of rotatable bonds is 1. The molecule has 0 aliphatic carbocycles. The van der Waals surface area contributed by atoms with Crippen molar-refractivity contribution in [3.05, 3.63) is 46.1 Å². The molecule has 0 fully saturated rings. The molecule has 2 N–H and O–H groups in total. The van der Waals surface area contributed by atoms with Gasteiger partial charge in [-0.05, 0) is 24.3 Å². The van der Waals surface area contributed by atoms with Crippen molar-refractivity contribution in [2.75, 3.05) is 5.73 Å². The summed E-state index contributed by atoms with van der Waals surface area (Å²) in [6.45, 7) is 0. The molecule has 3 aromatic heterocycles. The van der Waals surface area contributed by atoms with E-state index < -0.39 is 11.7 Å². The van der Waals surface area contributed by atoms with E-state index >= 15 is 0 Å². The van der Waals surface area contributed by atoms with Crippen LogP contribution in [0.2, 0.25) is 10.0 Å². The van der Waals surface area contributed by atoms with Crippen LogP contribution < -0.4 is 5.73 Å². The Balaban J connectivity index is 2.04. The Kier molecular flexibility index (Phi) is 3.67. The highest BCUT2D eigenvalue weighted by atomic mass is 35.5. The number of anilines is 1. The molecule has 0 aliphatic heterocycles. The molecule has 3 heterocycles. The van der Waals surface area contributed by atoms with Crippen LogP contribution in [-0.4, -0.2) is 24.8 Å². The van der Waals surface area contributed by atoms with E-state index in [9.17, 15) is 13.2 Å². The first-order valence-electron chi connectivity index (χ1n) is 7.09. The average molecular weight is 399 g/mol. The number of halogens is 5. The molecule has 0 saturated carbocycles. The van der Waals surface area contributed by atoms with Crippen LogP contribution >= 0.6 is 23.2 Å². The summed E-state index contributed by atoms with van der Waals surface area (Å²) in [7, 11) is 0. The molecule has 0 bridgehead atoms. The van der Waals surface area contributed by atoms with Crippen LogP contribution in [0, 0.1) is 0 Å². The largest absolute Gasteiger partial charge is 0.417 e. The van der Waals surface area contributed by atoms with Gasteiger partial charge in [0, 0.05) is 16.8 Å². The lowest BCUT2D eigenvalue weighted by Gasteiger charge is -2.09. The predicted molar refractivity (Wildman–Crippen MR) is 91.0 cm³/mol. The Morgan fingerprint density at radius 3 is 2.58 bits per heavy atom. The quantitative estimate of drug-likeness (QED) is 0.518. The van der Waals surface area contributed by atoms with Crippen molar-refractivity contribution in [1.29, 1.82) is 0 Å². The zero-order valence-corrected chi connectivity index (χ0v) is 14.1. The Bertz CT molecular complexity index is 1170. The Morgan fingerprint density at radius 1 is 1.12 bits per heavy atom. The van der Waals surface area contributed by atoms with Crippen LogP contribution in [0.5, 0.6) is 0 Å². The van der Waals surface area contributed by atoms with Crippen LogP contribution in [0.4, 0.5) is 19.0 Å². The van der Waals surface area contributed by atoms with Crippen LogP contribution in [0.3, 0.4) is 0 Å². The van der Waals surface area contributed by atoms with E-state index in [1.54, 1.807) is 12.1 Å². The summed E-state index contributed by atoms with van der Waals surface area (Å²) in [6, 6.07) is 5.62. The molecular weight excluding hydrogens is 392 g/mol. The number of pyridine rings is 1. The monoisotopic (exact) mass is 398 g/mol. The Morgan fingerprint density at radius 2 is 1.88 bits per heavy atom. The standard InChI is InChI=1S/C15H7Cl2F3N6/c16-7-1-2-8(9(17)4-7)11-14-23-13(21)12-10(26(14)25-24-11)3-6(5-22-12)15(18,19)20/h1-5H,(H2,21,23). The number of nitrogens with two attached hydrogens (primary N) is 1. The molecule has 0 unspecified atom stereocenters. The van der Waals surface area contributed by atoms with Gasteiger partial charge < -0.3 is 5.73 Å². The number of hydrogen-bond acceptors (Lipinski definition) is 5. The van der Waals surface area contributed by atoms with E-state index in [0.29, 0.717) is 21.8 Å². The third-order valence-electron chi connectivity index (χ3n) is 3.72. The van der Waals surface area contributed by atoms with Crippen molar-refractivity contribution in [2.45, 2.75) is 6.18 Å². The molecule has 6 nitrogen and oxygen atoms in total. The molecule has 0 radical (unpaired) electrons. The fourth-order valence-electron chi connectivity index (χ4n) is 2.53. The molecule has 0 spiro atoms. The van der Waals surface area contributed by atoms with Crippen LogP contribution in [0.15, 0.2) is 30.5 Å². The molecular formula is C15H7Cl2F3N6. The van der Waals surface area contributed by atoms with E-state index in [1.807, 2.05) is 0 Å². The summed E-state index contributed by atoms with van der Waals surface area (Å²) < 4.78 is 40.2. The van der Waals surface area contributed by atoms with E-state index in [0.717, 1.165) is 10.6 Å². The van der Waals surface area contributed by atoms with Crippen molar-refractivity contribution in [3.63, 3.8) is 0 Å². The highest BCUT2D eigenvalue weighted by Crippen LogP contribution is 2.34. The Hall–Kier alpha value is -2.65. The van der Waals surface area contributed by atoms with Crippen LogP contribution in [0.1, 0.15) is 5.56 Å². The number of benzene rings is 1. The van der Waals surface area contributed by atoms with Crippen LogP contribution in [-0.2, 0) is 6.18 Å². The summed E-state index contributed by atoms with van der Waals surface area (Å²) >= 11 is 12.1. The minimum absolute atomic E-state index is 0.0335. The predicted octanol–water partition coefficient (Wildman–Crippen LogP) is 4.25. The second-order valence-electron chi connectivity index (χ2n) is 5.38. The van der Waals surface area contributed by atoms with Crippen molar-refractivity contribution in [1.82, 2.24) is 24.8 Å². The summed E-state index contributed by atoms with van der Waals surface area (Å²) in [5.74, 6) is -0.0464. The molecule has 1 aromatic carbocycles. The third kappa shape index (κ3) is 2.60. The lowest BCUT2D eigenvalue weighted by molar-refractivity contribution is -0.137. The van der Waals surface area contributed by atoms with Gasteiger partial charge >= 0.3 is 6.18 Å². The maximum atomic E-state index is 13.0. The van der Waals surface area contributed by atoms with Crippen LogP contribution in [0.25, 0.3) is 27.9 Å². The summed E-state index contributed by atoms with van der Waals surface area (Å²) in [5.41, 5.74) is 5.95. The SMILES string of the molecule is Nc1nc2c(-c3ccc(Cl)cc3Cl)nnn2c2cc(C(F)(F)F)cnc12. The first kappa shape index (κ1) is 16.8. The van der Waals surface area contributed by atoms with Gasteiger partial charge in [0.05, 0.1) is 16.1 Å². The minimum Gasteiger partial charge on any atom is -0.382 e. The van der Waals surface area contributed by atoms with Gasteiger partial charge in [0.2, 0.25) is 0 Å². The van der Waals surface area contributed by atoms with Crippen molar-refractivity contribution in [2.24, 2.45) is 0 Å². The molecule has 0 saturated heterocycles. The van der Waals surface area contributed by atoms with Gasteiger partial charge in [-0.3, -0.25) is 4.98 Å². The fraction of sp³-hybridized carbons (Fsp3) is 0.0667. The summed E-state index contributed by atoms with van der Waals surface area (Å²) in [5, 5.41) is 8.62. The number of nitrogen functional groups attached to an aromatic ring is 1. The molecule has 4 aromatic rings. The van der Waals surface area contributed by atoms with Gasteiger partial charge in [0.25, 0.3) is 0 Å². The van der Waals surface area contributed by atoms with Crippen molar-refractivity contribution in [3.8, 4) is 11.3 Å². The van der Waals surface area contributed by atoms with Gasteiger partial charge in [-0.15, -0.1) is 5.10 Å². The second kappa shape index (κ2) is 5.68. The molecule has 0 aliphatic rings.